The molecule has 0 aliphatic heterocycles. The Morgan fingerprint density at radius 1 is 0.460 bits per heavy atom. The van der Waals surface area contributed by atoms with Crippen LogP contribution >= 0.6 is 0 Å². The Morgan fingerprint density at radius 3 is 1.30 bits per heavy atom. The third-order valence-corrected chi connectivity index (χ3v) is 16.1. The number of hydrogen-bond donors (Lipinski definition) is 0. The highest BCUT2D eigenvalue weighted by molar-refractivity contribution is 6.01. The van der Waals surface area contributed by atoms with Gasteiger partial charge >= 0.3 is 0 Å². The number of hydrogen-bond acceptors (Lipinski definition) is 1. The third kappa shape index (κ3) is 6.51. The Balaban J connectivity index is 1.45. The van der Waals surface area contributed by atoms with Crippen molar-refractivity contribution < 1.29 is 0 Å². The minimum atomic E-state index is -0.187. The number of anilines is 3. The molecule has 0 saturated carbocycles. The fourth-order valence-corrected chi connectivity index (χ4v) is 11.8. The quantitative estimate of drug-likeness (QED) is 0.175. The van der Waals surface area contributed by atoms with Crippen LogP contribution in [0.1, 0.15) is 194 Å². The molecule has 0 heterocycles. The van der Waals surface area contributed by atoms with Crippen molar-refractivity contribution in [2.75, 3.05) is 4.90 Å². The molecule has 0 fully saturated rings. The van der Waals surface area contributed by atoms with E-state index in [0.29, 0.717) is 5.92 Å². The molecule has 0 amide bonds. The molecular formula is C62H75N. The molecule has 0 radical (unpaired) electrons. The second kappa shape index (κ2) is 13.5. The average molecular weight is 834 g/mol. The van der Waals surface area contributed by atoms with Gasteiger partial charge in [0.1, 0.15) is 0 Å². The van der Waals surface area contributed by atoms with Crippen molar-refractivity contribution in [3.63, 3.8) is 0 Å². The lowest BCUT2D eigenvalue weighted by Gasteiger charge is -2.35. The minimum Gasteiger partial charge on any atom is -0.309 e. The van der Waals surface area contributed by atoms with Crippen molar-refractivity contribution in [1.29, 1.82) is 0 Å². The van der Waals surface area contributed by atoms with Crippen LogP contribution in [0.3, 0.4) is 0 Å². The molecule has 4 aliphatic rings. The minimum absolute atomic E-state index is 0.0152. The summed E-state index contributed by atoms with van der Waals surface area (Å²) in [4.78, 5) is 2.74. The van der Waals surface area contributed by atoms with E-state index < -0.39 is 0 Å². The van der Waals surface area contributed by atoms with Gasteiger partial charge in [0.25, 0.3) is 0 Å². The van der Waals surface area contributed by atoms with Gasteiger partial charge in [-0.25, -0.2) is 0 Å². The highest BCUT2D eigenvalue weighted by atomic mass is 15.2. The van der Waals surface area contributed by atoms with E-state index in [1.807, 2.05) is 0 Å². The van der Waals surface area contributed by atoms with Gasteiger partial charge in [0.2, 0.25) is 0 Å². The van der Waals surface area contributed by atoms with Crippen LogP contribution in [0, 0.1) is 5.92 Å². The predicted octanol–water partition coefficient (Wildman–Crippen LogP) is 17.6. The lowest BCUT2D eigenvalue weighted by Crippen LogP contribution is -2.25. The highest BCUT2D eigenvalue weighted by Crippen LogP contribution is 2.62. The molecule has 1 unspecified atom stereocenters. The Morgan fingerprint density at radius 2 is 0.873 bits per heavy atom. The molecule has 4 aliphatic carbocycles. The van der Waals surface area contributed by atoms with Crippen LogP contribution in [0.25, 0.3) is 27.8 Å². The molecule has 5 aromatic rings. The van der Waals surface area contributed by atoms with Gasteiger partial charge in [0.15, 0.2) is 0 Å². The summed E-state index contributed by atoms with van der Waals surface area (Å²) in [6.45, 7) is 45.6. The van der Waals surface area contributed by atoms with E-state index >= 15 is 0 Å². The first kappa shape index (κ1) is 43.6. The second-order valence-electron chi connectivity index (χ2n) is 25.7. The van der Waals surface area contributed by atoms with Crippen molar-refractivity contribution in [3.8, 4) is 22.3 Å². The molecule has 1 heteroatoms. The number of nitrogens with zero attached hydrogens (tertiary/aromatic N) is 1. The molecule has 0 aromatic heterocycles. The number of allylic oxidation sites excluding steroid dienone is 4. The van der Waals surface area contributed by atoms with E-state index in [1.54, 1.807) is 0 Å². The standard InChI is InChI=1S/C62H75N/c1-36-21-20-22-45-53(36)42-28-25-41(35-48(42)60(45,14)15)63(51-33-39(58(8,9)10)31-49-54(51)43-26-23-37(56(2,3)4)29-46(43)61(49,16)17)52-34-40(59(11,12)13)32-50-55(52)44-27-24-38(57(5,6)7)30-47(44)62(50,18)19/h20-21,23-35,45H,22H2,1-19H3. The van der Waals surface area contributed by atoms with Crippen molar-refractivity contribution in [1.82, 2.24) is 0 Å². The molecule has 1 nitrogen and oxygen atoms in total. The monoisotopic (exact) mass is 834 g/mol. The van der Waals surface area contributed by atoms with Crippen LogP contribution in [0.4, 0.5) is 17.1 Å². The molecule has 0 bridgehead atoms. The molecule has 1 atom stereocenters. The molecule has 5 aromatic carbocycles. The molecule has 9 rings (SSSR count). The van der Waals surface area contributed by atoms with E-state index in [-0.39, 0.29) is 37.9 Å². The molecule has 63 heavy (non-hydrogen) atoms. The van der Waals surface area contributed by atoms with E-state index in [0.717, 1.165) is 6.42 Å². The SMILES string of the molecule is CC1=C2c3ccc(N(c4cc(C(C)(C)C)cc5c4-c4ccc(C(C)(C)C)cc4C5(C)C)c4cc(C(C)(C)C)cc5c4-c4ccc(C(C)(C)C)cc4C5(C)C)cc3C(C)(C)C2CC=C1. The first-order valence-corrected chi connectivity index (χ1v) is 24.0. The first-order valence-electron chi connectivity index (χ1n) is 24.0. The van der Waals surface area contributed by atoms with Crippen molar-refractivity contribution >= 4 is 22.6 Å². The summed E-state index contributed by atoms with van der Waals surface area (Å²) in [5.74, 6) is 0.470. The van der Waals surface area contributed by atoms with Crippen LogP contribution in [0.5, 0.6) is 0 Å². The lowest BCUT2D eigenvalue weighted by atomic mass is 9.73. The molecule has 328 valence electrons. The summed E-state index contributed by atoms with van der Waals surface area (Å²) < 4.78 is 0. The highest BCUT2D eigenvalue weighted by Gasteiger charge is 2.46. The summed E-state index contributed by atoms with van der Waals surface area (Å²) in [6.07, 6.45) is 5.84. The largest absolute Gasteiger partial charge is 0.309 e. The summed E-state index contributed by atoms with van der Waals surface area (Å²) in [5.41, 5.74) is 25.9. The van der Waals surface area contributed by atoms with E-state index in [4.69, 9.17) is 0 Å². The van der Waals surface area contributed by atoms with E-state index in [9.17, 15) is 0 Å². The molecule has 0 spiro atoms. The summed E-state index contributed by atoms with van der Waals surface area (Å²) in [7, 11) is 0. The number of fused-ring (bicyclic) bond motifs is 9. The normalized spacial score (nSPS) is 19.1. The fourth-order valence-electron chi connectivity index (χ4n) is 11.8. The van der Waals surface area contributed by atoms with Gasteiger partial charge < -0.3 is 4.90 Å². The van der Waals surface area contributed by atoms with Gasteiger partial charge in [-0.1, -0.05) is 191 Å². The summed E-state index contributed by atoms with van der Waals surface area (Å²) in [5, 5.41) is 0. The van der Waals surface area contributed by atoms with Crippen molar-refractivity contribution in [2.45, 2.75) is 176 Å². The third-order valence-electron chi connectivity index (χ3n) is 16.1. The molecular weight excluding hydrogens is 759 g/mol. The molecule has 0 N–H and O–H groups in total. The summed E-state index contributed by atoms with van der Waals surface area (Å²) in [6, 6.07) is 32.7. The first-order chi connectivity index (χ1) is 28.9. The van der Waals surface area contributed by atoms with Crippen LogP contribution in [-0.2, 0) is 37.9 Å². The lowest BCUT2D eigenvalue weighted by molar-refractivity contribution is 0.413. The maximum absolute atomic E-state index is 2.74. The average Bonchev–Trinajstić information content (AvgIpc) is 3.66. The van der Waals surface area contributed by atoms with E-state index in [2.05, 4.69) is 227 Å². The summed E-state index contributed by atoms with van der Waals surface area (Å²) >= 11 is 0. The Bertz CT molecular complexity index is 2670. The van der Waals surface area contributed by atoms with Gasteiger partial charge in [0, 0.05) is 27.6 Å². The van der Waals surface area contributed by atoms with Gasteiger partial charge in [0.05, 0.1) is 11.4 Å². The molecule has 0 saturated heterocycles. The van der Waals surface area contributed by atoms with Crippen LogP contribution < -0.4 is 4.90 Å². The number of benzene rings is 5. The van der Waals surface area contributed by atoms with Gasteiger partial charge in [-0.15, -0.1) is 0 Å². The Kier molecular flexibility index (Phi) is 9.32. The Labute approximate surface area is 382 Å². The van der Waals surface area contributed by atoms with Crippen LogP contribution in [-0.4, -0.2) is 0 Å². The second-order valence-corrected chi connectivity index (χ2v) is 25.7. The predicted molar refractivity (Wildman–Crippen MR) is 274 cm³/mol. The topological polar surface area (TPSA) is 3.24 Å². The van der Waals surface area contributed by atoms with Gasteiger partial charge in [-0.2, -0.15) is 0 Å². The zero-order chi connectivity index (χ0) is 45.9. The van der Waals surface area contributed by atoms with Crippen molar-refractivity contribution in [3.05, 3.63) is 152 Å². The smallest absolute Gasteiger partial charge is 0.0546 e. The van der Waals surface area contributed by atoms with Gasteiger partial charge in [-0.05, 0) is 149 Å². The maximum Gasteiger partial charge on any atom is 0.0546 e. The zero-order valence-corrected chi connectivity index (χ0v) is 42.4. The van der Waals surface area contributed by atoms with Gasteiger partial charge in [-0.3, -0.25) is 0 Å². The van der Waals surface area contributed by atoms with Crippen molar-refractivity contribution in [2.24, 2.45) is 5.92 Å². The maximum atomic E-state index is 2.74. The Hall–Kier alpha value is -4.62. The fraction of sp³-hybridized carbons (Fsp3) is 0.452. The van der Waals surface area contributed by atoms with Crippen LogP contribution in [0.2, 0.25) is 0 Å². The van der Waals surface area contributed by atoms with E-state index in [1.165, 1.54) is 106 Å². The zero-order valence-electron chi connectivity index (χ0n) is 42.4. The van der Waals surface area contributed by atoms with Crippen LogP contribution in [0.15, 0.2) is 96.6 Å². The number of rotatable bonds is 3.